The number of rotatable bonds is 5. The lowest BCUT2D eigenvalue weighted by atomic mass is 10.1. The monoisotopic (exact) mass is 484 g/mol. The van der Waals surface area contributed by atoms with Crippen molar-refractivity contribution in [1.29, 1.82) is 0 Å². The normalized spacial score (nSPS) is 16.1. The van der Waals surface area contributed by atoms with Gasteiger partial charge in [0.25, 0.3) is 5.91 Å². The molecule has 4 rings (SSSR count). The number of carbonyl (C=O) groups is 3. The van der Waals surface area contributed by atoms with Crippen LogP contribution in [0.15, 0.2) is 77.7 Å². The number of carbonyl (C=O) groups excluding carboxylic acids is 3. The molecule has 5 nitrogen and oxygen atoms in total. The van der Waals surface area contributed by atoms with Crippen molar-refractivity contribution in [2.75, 3.05) is 10.2 Å². The average Bonchev–Trinajstić information content (AvgIpc) is 3.07. The third-order valence-corrected chi connectivity index (χ3v) is 6.51. The van der Waals surface area contributed by atoms with Gasteiger partial charge in [0.15, 0.2) is 0 Å². The zero-order valence-electron chi connectivity index (χ0n) is 17.9. The summed E-state index contributed by atoms with van der Waals surface area (Å²) in [6.07, 6.45) is -4.56. The zero-order valence-corrected chi connectivity index (χ0v) is 18.7. The van der Waals surface area contributed by atoms with Crippen LogP contribution >= 0.6 is 11.8 Å². The summed E-state index contributed by atoms with van der Waals surface area (Å²) in [6.45, 7) is 1.90. The minimum Gasteiger partial charge on any atom is -0.322 e. The van der Waals surface area contributed by atoms with Gasteiger partial charge in [-0.15, -0.1) is 11.8 Å². The van der Waals surface area contributed by atoms with Crippen molar-refractivity contribution in [2.24, 2.45) is 0 Å². The van der Waals surface area contributed by atoms with E-state index in [0.29, 0.717) is 10.6 Å². The van der Waals surface area contributed by atoms with Gasteiger partial charge in [0.1, 0.15) is 0 Å². The van der Waals surface area contributed by atoms with Crippen molar-refractivity contribution < 1.29 is 27.6 Å². The van der Waals surface area contributed by atoms with Gasteiger partial charge in [0.2, 0.25) is 11.8 Å². The highest BCUT2D eigenvalue weighted by atomic mass is 32.2. The quantitative estimate of drug-likeness (QED) is 0.473. The Balaban J connectivity index is 1.53. The zero-order chi connectivity index (χ0) is 24.5. The Morgan fingerprint density at radius 1 is 1.00 bits per heavy atom. The molecule has 0 radical (unpaired) electrons. The van der Waals surface area contributed by atoms with Gasteiger partial charge in [-0.2, -0.15) is 13.2 Å². The first kappa shape index (κ1) is 23.6. The second kappa shape index (κ2) is 9.34. The van der Waals surface area contributed by atoms with Crippen LogP contribution in [0.1, 0.15) is 27.9 Å². The highest BCUT2D eigenvalue weighted by Crippen LogP contribution is 2.36. The first-order chi connectivity index (χ1) is 16.1. The number of amides is 3. The molecule has 1 aliphatic rings. The SMILES string of the molecule is Cc1ccc(N2C(=O)C[C@@H](Sc3ccccc3C(=O)Nc3cccc(C(F)(F)F)c3)C2=O)cc1. The number of hydrogen-bond donors (Lipinski definition) is 1. The van der Waals surface area contributed by atoms with Crippen LogP contribution in [0.4, 0.5) is 24.5 Å². The molecule has 3 aromatic rings. The maximum atomic E-state index is 13.0. The highest BCUT2D eigenvalue weighted by molar-refractivity contribution is 8.00. The number of hydrogen-bond acceptors (Lipinski definition) is 4. The lowest BCUT2D eigenvalue weighted by molar-refractivity contribution is -0.137. The molecule has 9 heteroatoms. The molecule has 0 unspecified atom stereocenters. The van der Waals surface area contributed by atoms with E-state index in [4.69, 9.17) is 0 Å². The minimum absolute atomic E-state index is 0.00250. The number of thioether (sulfide) groups is 1. The first-order valence-corrected chi connectivity index (χ1v) is 11.2. The molecule has 1 heterocycles. The molecular weight excluding hydrogens is 465 g/mol. The Bertz CT molecular complexity index is 1260. The van der Waals surface area contributed by atoms with Crippen LogP contribution in [0.5, 0.6) is 0 Å². The van der Waals surface area contributed by atoms with Crippen molar-refractivity contribution in [1.82, 2.24) is 0 Å². The molecule has 3 amide bonds. The number of benzene rings is 3. The van der Waals surface area contributed by atoms with Crippen LogP contribution in [-0.4, -0.2) is 23.0 Å². The number of imide groups is 1. The molecule has 34 heavy (non-hydrogen) atoms. The molecule has 0 bridgehead atoms. The van der Waals surface area contributed by atoms with Crippen LogP contribution in [0.25, 0.3) is 0 Å². The van der Waals surface area contributed by atoms with E-state index < -0.39 is 22.9 Å². The van der Waals surface area contributed by atoms with Crippen molar-refractivity contribution in [3.63, 3.8) is 0 Å². The van der Waals surface area contributed by atoms with E-state index in [1.165, 1.54) is 18.2 Å². The lowest BCUT2D eigenvalue weighted by Gasteiger charge is -2.16. The number of nitrogens with one attached hydrogen (secondary N) is 1. The predicted molar refractivity (Wildman–Crippen MR) is 124 cm³/mol. The second-order valence-electron chi connectivity index (χ2n) is 7.74. The number of anilines is 2. The fourth-order valence-corrected chi connectivity index (χ4v) is 4.73. The van der Waals surface area contributed by atoms with Gasteiger partial charge in [-0.25, -0.2) is 4.90 Å². The standard InChI is InChI=1S/C25H19F3N2O3S/c1-15-9-11-18(12-10-15)30-22(31)14-21(24(30)33)34-20-8-3-2-7-19(20)23(32)29-17-6-4-5-16(13-17)25(26,27)28/h2-13,21H,14H2,1H3,(H,29,32)/t21-/m1/s1. The maximum Gasteiger partial charge on any atom is 0.416 e. The molecule has 0 saturated carbocycles. The molecule has 0 spiro atoms. The van der Waals surface area contributed by atoms with E-state index in [9.17, 15) is 27.6 Å². The van der Waals surface area contributed by atoms with Crippen LogP contribution < -0.4 is 10.2 Å². The average molecular weight is 484 g/mol. The smallest absolute Gasteiger partial charge is 0.322 e. The van der Waals surface area contributed by atoms with Gasteiger partial charge in [0, 0.05) is 17.0 Å². The van der Waals surface area contributed by atoms with Crippen molar-refractivity contribution in [2.45, 2.75) is 29.7 Å². The van der Waals surface area contributed by atoms with Crippen molar-refractivity contribution in [3.8, 4) is 0 Å². The summed E-state index contributed by atoms with van der Waals surface area (Å²) < 4.78 is 38.9. The van der Waals surface area contributed by atoms with Gasteiger partial charge in [-0.1, -0.05) is 35.9 Å². The summed E-state index contributed by atoms with van der Waals surface area (Å²) in [5, 5.41) is 1.76. The molecule has 1 fully saturated rings. The second-order valence-corrected chi connectivity index (χ2v) is 8.99. The van der Waals surface area contributed by atoms with E-state index in [0.717, 1.165) is 34.4 Å². The van der Waals surface area contributed by atoms with Crippen LogP contribution in [0.2, 0.25) is 0 Å². The van der Waals surface area contributed by atoms with Gasteiger partial charge in [-0.05, 0) is 49.4 Å². The minimum atomic E-state index is -4.53. The van der Waals surface area contributed by atoms with E-state index in [1.807, 2.05) is 19.1 Å². The fraction of sp³-hybridized carbons (Fsp3) is 0.160. The van der Waals surface area contributed by atoms with Gasteiger partial charge in [-0.3, -0.25) is 14.4 Å². The summed E-state index contributed by atoms with van der Waals surface area (Å²) in [5.41, 5.74) is 0.796. The largest absolute Gasteiger partial charge is 0.416 e. The van der Waals surface area contributed by atoms with E-state index in [-0.39, 0.29) is 29.5 Å². The molecule has 0 aromatic heterocycles. The number of aryl methyl sites for hydroxylation is 1. The van der Waals surface area contributed by atoms with Crippen molar-refractivity contribution in [3.05, 3.63) is 89.5 Å². The number of alkyl halides is 3. The molecule has 0 aliphatic carbocycles. The van der Waals surface area contributed by atoms with E-state index in [2.05, 4.69) is 5.32 Å². The highest BCUT2D eigenvalue weighted by Gasteiger charge is 2.40. The van der Waals surface area contributed by atoms with Gasteiger partial charge < -0.3 is 5.32 Å². The fourth-order valence-electron chi connectivity index (χ4n) is 3.54. The van der Waals surface area contributed by atoms with E-state index >= 15 is 0 Å². The van der Waals surface area contributed by atoms with Crippen LogP contribution in [0, 0.1) is 6.92 Å². The Hall–Kier alpha value is -3.59. The Morgan fingerprint density at radius 3 is 2.41 bits per heavy atom. The number of nitrogens with zero attached hydrogens (tertiary/aromatic N) is 1. The molecule has 1 saturated heterocycles. The Labute approximate surface area is 198 Å². The van der Waals surface area contributed by atoms with Gasteiger partial charge >= 0.3 is 6.18 Å². The van der Waals surface area contributed by atoms with Crippen molar-refractivity contribution >= 4 is 40.9 Å². The van der Waals surface area contributed by atoms with E-state index in [1.54, 1.807) is 30.3 Å². The molecule has 1 aliphatic heterocycles. The molecule has 1 N–H and O–H groups in total. The topological polar surface area (TPSA) is 66.5 Å². The maximum absolute atomic E-state index is 13.0. The molecule has 174 valence electrons. The number of halogens is 3. The summed E-state index contributed by atoms with van der Waals surface area (Å²) in [7, 11) is 0. The summed E-state index contributed by atoms with van der Waals surface area (Å²) >= 11 is 1.08. The third-order valence-electron chi connectivity index (χ3n) is 5.25. The summed E-state index contributed by atoms with van der Waals surface area (Å²) in [4.78, 5) is 40.0. The molecule has 1 atom stereocenters. The van der Waals surface area contributed by atoms with Gasteiger partial charge in [0.05, 0.1) is 22.1 Å². The van der Waals surface area contributed by atoms with Crippen LogP contribution in [0.3, 0.4) is 0 Å². The lowest BCUT2D eigenvalue weighted by Crippen LogP contribution is -2.31. The Morgan fingerprint density at radius 2 is 1.71 bits per heavy atom. The van der Waals surface area contributed by atoms with Crippen LogP contribution in [-0.2, 0) is 15.8 Å². The first-order valence-electron chi connectivity index (χ1n) is 10.3. The summed E-state index contributed by atoms with van der Waals surface area (Å²) in [5.74, 6) is -1.33. The Kier molecular flexibility index (Phi) is 6.47. The third kappa shape index (κ3) is 4.99. The molecular formula is C25H19F3N2O3S. The summed E-state index contributed by atoms with van der Waals surface area (Å²) in [6, 6.07) is 17.8. The molecule has 3 aromatic carbocycles. The predicted octanol–water partition coefficient (Wildman–Crippen LogP) is 5.69.